The van der Waals surface area contributed by atoms with Gasteiger partial charge in [-0.15, -0.1) is 0 Å². The van der Waals surface area contributed by atoms with Crippen LogP contribution in [0.15, 0.2) is 36.5 Å². The molecule has 156 valence electrons. The van der Waals surface area contributed by atoms with Crippen molar-refractivity contribution >= 4 is 23.3 Å². The first-order valence-electron chi connectivity index (χ1n) is 10.0. The Morgan fingerprint density at radius 3 is 2.76 bits per heavy atom. The molecule has 2 atom stereocenters. The number of ether oxygens (including phenoxy) is 2. The number of halogens is 1. The van der Waals surface area contributed by atoms with Crippen molar-refractivity contribution in [1.29, 1.82) is 0 Å². The molecule has 0 aliphatic carbocycles. The molecule has 1 aliphatic rings. The number of anilines is 1. The van der Waals surface area contributed by atoms with E-state index >= 15 is 0 Å². The molecule has 0 bridgehead atoms. The summed E-state index contributed by atoms with van der Waals surface area (Å²) < 4.78 is 11.7. The Hall–Kier alpha value is -2.47. The van der Waals surface area contributed by atoms with Gasteiger partial charge in [-0.1, -0.05) is 30.7 Å². The monoisotopic (exact) mass is 417 g/mol. The first kappa shape index (κ1) is 21.2. The fourth-order valence-corrected chi connectivity index (χ4v) is 3.65. The minimum atomic E-state index is -0.0406. The maximum Gasteiger partial charge on any atom is 0.217 e. The van der Waals surface area contributed by atoms with Crippen LogP contribution in [0.1, 0.15) is 45.2 Å². The molecule has 1 saturated heterocycles. The molecule has 1 N–H and O–H groups in total. The van der Waals surface area contributed by atoms with Gasteiger partial charge in [0, 0.05) is 26.0 Å². The van der Waals surface area contributed by atoms with Gasteiger partial charge in [0.15, 0.2) is 0 Å². The summed E-state index contributed by atoms with van der Waals surface area (Å²) in [6.07, 6.45) is 3.64. The van der Waals surface area contributed by atoms with E-state index in [4.69, 9.17) is 21.1 Å². The van der Waals surface area contributed by atoms with E-state index in [-0.39, 0.29) is 18.1 Å². The number of amides is 1. The lowest BCUT2D eigenvalue weighted by Gasteiger charge is -2.20. The van der Waals surface area contributed by atoms with Gasteiger partial charge in [-0.05, 0) is 31.0 Å². The van der Waals surface area contributed by atoms with Crippen LogP contribution in [0.3, 0.4) is 0 Å². The topological polar surface area (TPSA) is 63.7 Å². The van der Waals surface area contributed by atoms with E-state index in [2.05, 4.69) is 22.1 Å². The molecule has 0 saturated carbocycles. The number of rotatable bonds is 8. The van der Waals surface area contributed by atoms with Crippen molar-refractivity contribution in [3.63, 3.8) is 0 Å². The minimum Gasteiger partial charge on any atom is -0.492 e. The lowest BCUT2D eigenvalue weighted by molar-refractivity contribution is -0.119. The number of benzene rings is 1. The molecule has 1 fully saturated rings. The van der Waals surface area contributed by atoms with Crippen LogP contribution in [0.25, 0.3) is 0 Å². The molecule has 1 aliphatic heterocycles. The Morgan fingerprint density at radius 1 is 1.34 bits per heavy atom. The Balaban J connectivity index is 1.56. The zero-order valence-corrected chi connectivity index (χ0v) is 17.9. The van der Waals surface area contributed by atoms with Gasteiger partial charge in [-0.25, -0.2) is 4.98 Å². The van der Waals surface area contributed by atoms with E-state index in [1.54, 1.807) is 6.20 Å². The van der Waals surface area contributed by atoms with Crippen LogP contribution < -0.4 is 19.7 Å². The second-order valence-electron chi connectivity index (χ2n) is 7.29. The molecule has 7 heteroatoms. The van der Waals surface area contributed by atoms with Gasteiger partial charge in [0.25, 0.3) is 0 Å². The van der Waals surface area contributed by atoms with Crippen molar-refractivity contribution in [2.45, 2.75) is 45.8 Å². The van der Waals surface area contributed by atoms with Crippen molar-refractivity contribution in [3.05, 3.63) is 47.1 Å². The Bertz CT molecular complexity index is 829. The highest BCUT2D eigenvalue weighted by atomic mass is 35.5. The van der Waals surface area contributed by atoms with Gasteiger partial charge in [0.1, 0.15) is 23.4 Å². The van der Waals surface area contributed by atoms with E-state index in [0.29, 0.717) is 17.4 Å². The van der Waals surface area contributed by atoms with Crippen LogP contribution in [0.4, 0.5) is 5.82 Å². The maximum atomic E-state index is 11.2. The largest absolute Gasteiger partial charge is 0.492 e. The number of nitrogens with zero attached hydrogens (tertiary/aromatic N) is 2. The third-order valence-corrected chi connectivity index (χ3v) is 5.09. The molecule has 0 radical (unpaired) electrons. The van der Waals surface area contributed by atoms with E-state index in [1.165, 1.54) is 6.92 Å². The van der Waals surface area contributed by atoms with E-state index in [9.17, 15) is 4.79 Å². The molecule has 3 rings (SSSR count). The molecule has 1 aromatic heterocycles. The van der Waals surface area contributed by atoms with E-state index in [1.807, 2.05) is 37.3 Å². The summed E-state index contributed by atoms with van der Waals surface area (Å²) in [5.74, 6) is 2.24. The molecule has 1 unspecified atom stereocenters. The highest BCUT2D eigenvalue weighted by Gasteiger charge is 2.26. The summed E-state index contributed by atoms with van der Waals surface area (Å²) in [5.41, 5.74) is 1.04. The second-order valence-corrected chi connectivity index (χ2v) is 7.70. The molecule has 1 aromatic carbocycles. The third-order valence-electron chi connectivity index (χ3n) is 4.82. The predicted octanol–water partition coefficient (Wildman–Crippen LogP) is 4.38. The van der Waals surface area contributed by atoms with Crippen molar-refractivity contribution in [2.75, 3.05) is 24.6 Å². The average Bonchev–Trinajstić information content (AvgIpc) is 3.14. The Kier molecular flexibility index (Phi) is 7.20. The van der Waals surface area contributed by atoms with Crippen molar-refractivity contribution in [2.24, 2.45) is 0 Å². The second kappa shape index (κ2) is 9.83. The van der Waals surface area contributed by atoms with Crippen LogP contribution in [0.5, 0.6) is 11.5 Å². The molecular formula is C22H28ClN3O3. The van der Waals surface area contributed by atoms with Crippen molar-refractivity contribution < 1.29 is 14.3 Å². The highest BCUT2D eigenvalue weighted by Crippen LogP contribution is 2.30. The molecule has 2 aromatic rings. The Labute approximate surface area is 177 Å². The number of carbonyl (C=O) groups is 1. The molecule has 2 heterocycles. The number of hydrogen-bond acceptors (Lipinski definition) is 5. The number of carbonyl (C=O) groups excluding carboxylic acids is 1. The maximum absolute atomic E-state index is 11.2. The summed E-state index contributed by atoms with van der Waals surface area (Å²) in [5, 5.41) is 3.47. The summed E-state index contributed by atoms with van der Waals surface area (Å²) in [7, 11) is 0. The zero-order valence-electron chi connectivity index (χ0n) is 17.2. The summed E-state index contributed by atoms with van der Waals surface area (Å²) in [4.78, 5) is 17.8. The number of pyridine rings is 1. The van der Waals surface area contributed by atoms with Gasteiger partial charge in [-0.3, -0.25) is 4.79 Å². The zero-order chi connectivity index (χ0) is 20.8. The SMILES string of the molecule is CCCOc1cnc(N2CCC(Oc3ccc([C@H](C)NC(C)=O)cc3)C2)c(Cl)c1. The summed E-state index contributed by atoms with van der Waals surface area (Å²) in [6.45, 7) is 7.76. The quantitative estimate of drug-likeness (QED) is 0.690. The van der Waals surface area contributed by atoms with Crippen LogP contribution in [0, 0.1) is 0 Å². The predicted molar refractivity (Wildman–Crippen MR) is 115 cm³/mol. The van der Waals surface area contributed by atoms with Crippen LogP contribution in [-0.2, 0) is 4.79 Å². The first-order valence-corrected chi connectivity index (χ1v) is 10.4. The van der Waals surface area contributed by atoms with Gasteiger partial charge in [0.05, 0.1) is 30.4 Å². The Morgan fingerprint density at radius 2 is 2.10 bits per heavy atom. The number of nitrogens with one attached hydrogen (secondary N) is 1. The average molecular weight is 418 g/mol. The third kappa shape index (κ3) is 5.76. The van der Waals surface area contributed by atoms with Crippen LogP contribution in [0.2, 0.25) is 5.02 Å². The smallest absolute Gasteiger partial charge is 0.217 e. The molecule has 29 heavy (non-hydrogen) atoms. The van der Waals surface area contributed by atoms with Crippen LogP contribution in [-0.4, -0.2) is 36.7 Å². The fraction of sp³-hybridized carbons (Fsp3) is 0.455. The van der Waals surface area contributed by atoms with E-state index < -0.39 is 0 Å². The minimum absolute atomic E-state index is 0.0268. The molecule has 1 amide bonds. The fourth-order valence-electron chi connectivity index (χ4n) is 3.38. The van der Waals surface area contributed by atoms with Gasteiger partial charge >= 0.3 is 0 Å². The summed E-state index contributed by atoms with van der Waals surface area (Å²) >= 11 is 6.42. The summed E-state index contributed by atoms with van der Waals surface area (Å²) in [6, 6.07) is 9.65. The number of hydrogen-bond donors (Lipinski definition) is 1. The van der Waals surface area contributed by atoms with Crippen molar-refractivity contribution in [1.82, 2.24) is 10.3 Å². The molecule has 6 nitrogen and oxygen atoms in total. The first-order chi connectivity index (χ1) is 14.0. The van der Waals surface area contributed by atoms with Gasteiger partial charge < -0.3 is 19.7 Å². The van der Waals surface area contributed by atoms with Crippen molar-refractivity contribution in [3.8, 4) is 11.5 Å². The normalized spacial score (nSPS) is 17.1. The lowest BCUT2D eigenvalue weighted by Crippen LogP contribution is -2.25. The number of aromatic nitrogens is 1. The standard InChI is InChI=1S/C22H28ClN3O3/c1-4-11-28-20-12-21(23)22(24-13-20)26-10-9-19(14-26)29-18-7-5-17(6-8-18)15(2)25-16(3)27/h5-8,12-13,15,19H,4,9-11,14H2,1-3H3,(H,25,27)/t15-,19?/m0/s1. The van der Waals surface area contributed by atoms with E-state index in [0.717, 1.165) is 43.1 Å². The van der Waals surface area contributed by atoms with Gasteiger partial charge in [0.2, 0.25) is 5.91 Å². The molecular weight excluding hydrogens is 390 g/mol. The highest BCUT2D eigenvalue weighted by molar-refractivity contribution is 6.33. The van der Waals surface area contributed by atoms with Gasteiger partial charge in [-0.2, -0.15) is 0 Å². The molecule has 0 spiro atoms. The lowest BCUT2D eigenvalue weighted by atomic mass is 10.1. The van der Waals surface area contributed by atoms with Crippen LogP contribution >= 0.6 is 11.6 Å².